The van der Waals surface area contributed by atoms with E-state index < -0.39 is 0 Å². The number of pyridine rings is 1. The maximum Gasteiger partial charge on any atom is 0.226 e. The molecule has 0 saturated heterocycles. The number of guanidine groups is 1. The molecular weight excluding hydrogens is 288 g/mol. The van der Waals surface area contributed by atoms with Crippen molar-refractivity contribution < 1.29 is 5.21 Å². The smallest absolute Gasteiger partial charge is 0.226 e. The number of anilines is 1. The molecular formula is C9H9BrN6O. The van der Waals surface area contributed by atoms with Crippen LogP contribution < -0.4 is 10.8 Å². The van der Waals surface area contributed by atoms with Crippen molar-refractivity contribution in [2.24, 2.45) is 4.99 Å². The normalized spacial score (nSPS) is 11.3. The molecule has 0 radical (unpaired) electrons. The minimum Gasteiger partial charge on any atom is -0.322 e. The monoisotopic (exact) mass is 296 g/mol. The molecule has 4 N–H and O–H groups in total. The Bertz CT molecular complexity index is 512. The largest absolute Gasteiger partial charge is 0.322 e. The molecule has 2 aromatic heterocycles. The van der Waals surface area contributed by atoms with Gasteiger partial charge in [0.05, 0.1) is 16.4 Å². The van der Waals surface area contributed by atoms with Crippen LogP contribution in [0.2, 0.25) is 0 Å². The number of aliphatic imine (C=N–C) groups is 1. The first-order chi connectivity index (χ1) is 8.29. The Labute approximate surface area is 105 Å². The lowest BCUT2D eigenvalue weighted by atomic mass is 10.5. The van der Waals surface area contributed by atoms with Gasteiger partial charge in [0.1, 0.15) is 0 Å². The predicted molar refractivity (Wildman–Crippen MR) is 66.2 cm³/mol. The second-order valence-electron chi connectivity index (χ2n) is 2.99. The highest BCUT2D eigenvalue weighted by Gasteiger charge is 2.03. The molecule has 0 aliphatic carbocycles. The van der Waals surface area contributed by atoms with Gasteiger partial charge in [0, 0.05) is 12.4 Å². The molecule has 8 heteroatoms. The summed E-state index contributed by atoms with van der Waals surface area (Å²) < 4.78 is 0.724. The summed E-state index contributed by atoms with van der Waals surface area (Å²) in [4.78, 5) is 8.14. The number of hydroxylamine groups is 1. The fourth-order valence-electron chi connectivity index (χ4n) is 1.10. The van der Waals surface area contributed by atoms with Crippen molar-refractivity contribution in [2.45, 2.75) is 0 Å². The first kappa shape index (κ1) is 11.6. The van der Waals surface area contributed by atoms with Crippen LogP contribution in [0.1, 0.15) is 0 Å². The van der Waals surface area contributed by atoms with Crippen molar-refractivity contribution in [2.75, 3.05) is 5.32 Å². The molecule has 0 aromatic carbocycles. The molecule has 0 saturated carbocycles. The third-order valence-corrected chi connectivity index (χ3v) is 2.44. The van der Waals surface area contributed by atoms with Crippen molar-refractivity contribution in [1.29, 1.82) is 0 Å². The van der Waals surface area contributed by atoms with Crippen LogP contribution in [0.25, 0.3) is 0 Å². The number of halogens is 1. The van der Waals surface area contributed by atoms with Crippen molar-refractivity contribution >= 4 is 33.4 Å². The van der Waals surface area contributed by atoms with Gasteiger partial charge in [0.15, 0.2) is 5.82 Å². The van der Waals surface area contributed by atoms with Gasteiger partial charge in [-0.3, -0.25) is 10.3 Å². The minimum atomic E-state index is 0.144. The topological polar surface area (TPSA) is 98.2 Å². The standard InChI is InChI=1S/C9H9BrN6O/c10-7-2-1-3-11-8(7)15-9(16-17)14-6-4-12-13-5-6/h1-5,17H,(H,12,13)(H2,11,14,15,16). The number of hydrogen-bond donors (Lipinski definition) is 4. The molecule has 17 heavy (non-hydrogen) atoms. The fraction of sp³-hybridized carbons (Fsp3) is 0. The van der Waals surface area contributed by atoms with Crippen LogP contribution in [-0.4, -0.2) is 26.3 Å². The summed E-state index contributed by atoms with van der Waals surface area (Å²) in [5.74, 6) is 0.589. The Morgan fingerprint density at radius 1 is 1.53 bits per heavy atom. The lowest BCUT2D eigenvalue weighted by molar-refractivity contribution is 0.234. The Balaban J connectivity index is 2.21. The molecule has 0 unspecified atom stereocenters. The molecule has 0 fully saturated rings. The van der Waals surface area contributed by atoms with Gasteiger partial charge >= 0.3 is 0 Å². The zero-order valence-corrected chi connectivity index (χ0v) is 10.1. The van der Waals surface area contributed by atoms with Gasteiger partial charge < -0.3 is 5.32 Å². The lowest BCUT2D eigenvalue weighted by Crippen LogP contribution is -2.27. The summed E-state index contributed by atoms with van der Waals surface area (Å²) in [6.07, 6.45) is 4.79. The fourth-order valence-corrected chi connectivity index (χ4v) is 1.45. The van der Waals surface area contributed by atoms with Crippen molar-refractivity contribution in [1.82, 2.24) is 20.7 Å². The van der Waals surface area contributed by atoms with Crippen molar-refractivity contribution in [3.05, 3.63) is 35.2 Å². The molecule has 88 valence electrons. The van der Waals surface area contributed by atoms with Gasteiger partial charge in [-0.1, -0.05) is 0 Å². The average Bonchev–Trinajstić information content (AvgIpc) is 2.84. The maximum atomic E-state index is 8.96. The number of nitrogens with one attached hydrogen (secondary N) is 3. The number of aromatic amines is 1. The molecule has 7 nitrogen and oxygen atoms in total. The number of hydrogen-bond acceptors (Lipinski definition) is 4. The van der Waals surface area contributed by atoms with Crippen LogP contribution in [0, 0.1) is 0 Å². The van der Waals surface area contributed by atoms with E-state index in [0.717, 1.165) is 4.47 Å². The summed E-state index contributed by atoms with van der Waals surface area (Å²) in [6, 6.07) is 3.58. The van der Waals surface area contributed by atoms with E-state index in [0.29, 0.717) is 11.5 Å². The van der Waals surface area contributed by atoms with Gasteiger partial charge in [0.2, 0.25) is 5.96 Å². The molecule has 0 spiro atoms. The third-order valence-electron chi connectivity index (χ3n) is 1.82. The Morgan fingerprint density at radius 3 is 3.06 bits per heavy atom. The summed E-state index contributed by atoms with van der Waals surface area (Å²) in [6.45, 7) is 0. The Hall–Kier alpha value is -1.93. The van der Waals surface area contributed by atoms with E-state index in [2.05, 4.69) is 41.4 Å². The second-order valence-corrected chi connectivity index (χ2v) is 3.85. The highest BCUT2D eigenvalue weighted by atomic mass is 79.9. The second kappa shape index (κ2) is 5.41. The minimum absolute atomic E-state index is 0.144. The number of rotatable bonds is 2. The van der Waals surface area contributed by atoms with E-state index >= 15 is 0 Å². The molecule has 2 rings (SSSR count). The predicted octanol–water partition coefficient (Wildman–Crippen LogP) is 1.65. The van der Waals surface area contributed by atoms with E-state index in [1.807, 2.05) is 5.48 Å². The summed E-state index contributed by atoms with van der Waals surface area (Å²) in [7, 11) is 0. The molecule has 0 atom stereocenters. The molecule has 2 heterocycles. The summed E-state index contributed by atoms with van der Waals surface area (Å²) in [5.41, 5.74) is 2.62. The lowest BCUT2D eigenvalue weighted by Gasteiger charge is -2.05. The van der Waals surface area contributed by atoms with Gasteiger partial charge in [-0.15, -0.1) is 0 Å². The zero-order valence-electron chi connectivity index (χ0n) is 8.55. The maximum absolute atomic E-state index is 8.96. The summed E-state index contributed by atoms with van der Waals surface area (Å²) in [5, 5.41) is 18.2. The van der Waals surface area contributed by atoms with Gasteiger partial charge in [0.25, 0.3) is 0 Å². The Kier molecular flexibility index (Phi) is 3.68. The molecule has 2 aromatic rings. The van der Waals surface area contributed by atoms with E-state index in [-0.39, 0.29) is 5.96 Å². The number of nitrogens with zero attached hydrogens (tertiary/aromatic N) is 3. The quantitative estimate of drug-likeness (QED) is 0.384. The molecule has 0 bridgehead atoms. The van der Waals surface area contributed by atoms with Crippen LogP contribution in [0.15, 0.2) is 40.2 Å². The highest BCUT2D eigenvalue weighted by molar-refractivity contribution is 9.10. The average molecular weight is 297 g/mol. The van der Waals surface area contributed by atoms with Crippen LogP contribution in [0.4, 0.5) is 11.5 Å². The molecule has 0 aliphatic heterocycles. The first-order valence-corrected chi connectivity index (χ1v) is 5.44. The van der Waals surface area contributed by atoms with Crippen LogP contribution in [0.3, 0.4) is 0 Å². The SMILES string of the molecule is ONC(=Nc1ncccc1Br)Nc1cn[nH]c1. The van der Waals surface area contributed by atoms with Gasteiger partial charge in [-0.05, 0) is 28.1 Å². The van der Waals surface area contributed by atoms with E-state index in [1.165, 1.54) is 0 Å². The summed E-state index contributed by atoms with van der Waals surface area (Å²) >= 11 is 3.31. The number of H-pyrrole nitrogens is 1. The van der Waals surface area contributed by atoms with E-state index in [9.17, 15) is 0 Å². The van der Waals surface area contributed by atoms with Gasteiger partial charge in [-0.25, -0.2) is 10.5 Å². The Morgan fingerprint density at radius 2 is 2.41 bits per heavy atom. The van der Waals surface area contributed by atoms with Crippen molar-refractivity contribution in [3.8, 4) is 0 Å². The van der Waals surface area contributed by atoms with Crippen LogP contribution >= 0.6 is 15.9 Å². The first-order valence-electron chi connectivity index (χ1n) is 4.64. The van der Waals surface area contributed by atoms with Crippen LogP contribution in [0.5, 0.6) is 0 Å². The number of aromatic nitrogens is 3. The van der Waals surface area contributed by atoms with Crippen molar-refractivity contribution in [3.63, 3.8) is 0 Å². The van der Waals surface area contributed by atoms with Gasteiger partial charge in [-0.2, -0.15) is 10.1 Å². The third kappa shape index (κ3) is 3.02. The van der Waals surface area contributed by atoms with E-state index in [4.69, 9.17) is 5.21 Å². The van der Waals surface area contributed by atoms with Crippen LogP contribution in [-0.2, 0) is 0 Å². The highest BCUT2D eigenvalue weighted by Crippen LogP contribution is 2.21. The van der Waals surface area contributed by atoms with E-state index in [1.54, 1.807) is 30.7 Å². The molecule has 0 aliphatic rings. The molecule has 0 amide bonds. The zero-order chi connectivity index (χ0) is 12.1.